The molecule has 0 aliphatic carbocycles. The lowest BCUT2D eigenvalue weighted by atomic mass is 10.0. The highest BCUT2D eigenvalue weighted by atomic mass is 16.6. The quantitative estimate of drug-likeness (QED) is 0.756. The van der Waals surface area contributed by atoms with Gasteiger partial charge < -0.3 is 15.4 Å². The van der Waals surface area contributed by atoms with Crippen LogP contribution in [-0.2, 0) is 4.74 Å². The van der Waals surface area contributed by atoms with Crippen LogP contribution in [0.3, 0.4) is 0 Å². The number of carbonyl (C=O) groups excluding carboxylic acids is 1. The average Bonchev–Trinajstić information content (AvgIpc) is 2.36. The summed E-state index contributed by atoms with van der Waals surface area (Å²) in [5.74, 6) is 2.69. The minimum absolute atomic E-state index is 0.0450. The number of hydrogen-bond acceptors (Lipinski definition) is 4. The van der Waals surface area contributed by atoms with Crippen LogP contribution < -0.4 is 10.6 Å². The fraction of sp³-hybridized carbons (Fsp3) is 0.812. The highest BCUT2D eigenvalue weighted by Crippen LogP contribution is 2.10. The van der Waals surface area contributed by atoms with Crippen molar-refractivity contribution in [1.29, 1.82) is 0 Å². The lowest BCUT2D eigenvalue weighted by Gasteiger charge is -2.32. The topological polar surface area (TPSA) is 53.6 Å². The van der Waals surface area contributed by atoms with Gasteiger partial charge in [-0.05, 0) is 40.5 Å². The van der Waals surface area contributed by atoms with Crippen LogP contribution in [0.1, 0.15) is 40.5 Å². The fourth-order valence-electron chi connectivity index (χ4n) is 2.33. The van der Waals surface area contributed by atoms with Crippen molar-refractivity contribution in [2.24, 2.45) is 0 Å². The summed E-state index contributed by atoms with van der Waals surface area (Å²) in [4.78, 5) is 13.9. The smallest absolute Gasteiger partial charge is 0.407 e. The molecule has 0 bridgehead atoms. The Labute approximate surface area is 128 Å². The predicted octanol–water partition coefficient (Wildman–Crippen LogP) is 1.59. The monoisotopic (exact) mass is 295 g/mol. The molecule has 1 saturated heterocycles. The van der Waals surface area contributed by atoms with Crippen LogP contribution in [0, 0.1) is 12.3 Å². The van der Waals surface area contributed by atoms with Gasteiger partial charge in [-0.3, -0.25) is 4.90 Å². The minimum Gasteiger partial charge on any atom is -0.444 e. The molecule has 1 unspecified atom stereocenters. The van der Waals surface area contributed by atoms with E-state index < -0.39 is 5.60 Å². The van der Waals surface area contributed by atoms with E-state index in [2.05, 4.69) is 21.5 Å². The molecule has 21 heavy (non-hydrogen) atoms. The van der Waals surface area contributed by atoms with E-state index in [9.17, 15) is 4.79 Å². The molecule has 0 aromatic heterocycles. The summed E-state index contributed by atoms with van der Waals surface area (Å²) < 4.78 is 5.24. The van der Waals surface area contributed by atoms with Gasteiger partial charge in [0.2, 0.25) is 0 Å². The van der Waals surface area contributed by atoms with Crippen molar-refractivity contribution in [3.63, 3.8) is 0 Å². The Morgan fingerprint density at radius 3 is 2.57 bits per heavy atom. The molecule has 1 rings (SSSR count). The zero-order valence-electron chi connectivity index (χ0n) is 13.7. The molecule has 1 fully saturated rings. The number of terminal acetylenes is 1. The van der Waals surface area contributed by atoms with Crippen LogP contribution in [-0.4, -0.2) is 54.9 Å². The van der Waals surface area contributed by atoms with Crippen molar-refractivity contribution in [3.8, 4) is 12.3 Å². The zero-order chi connectivity index (χ0) is 15.9. The van der Waals surface area contributed by atoms with Gasteiger partial charge in [0, 0.05) is 31.7 Å². The molecule has 0 radical (unpaired) electrons. The van der Waals surface area contributed by atoms with E-state index >= 15 is 0 Å². The molecule has 5 nitrogen and oxygen atoms in total. The van der Waals surface area contributed by atoms with Gasteiger partial charge in [0.05, 0.1) is 6.54 Å². The number of likely N-dealkylation sites (tertiary alicyclic amines) is 1. The number of hydrogen-bond donors (Lipinski definition) is 2. The highest BCUT2D eigenvalue weighted by molar-refractivity contribution is 5.68. The third-order valence-corrected chi connectivity index (χ3v) is 3.38. The zero-order valence-corrected chi connectivity index (χ0v) is 13.7. The Kier molecular flexibility index (Phi) is 7.00. The normalized spacial score (nSPS) is 18.8. The Bertz CT molecular complexity index is 363. The summed E-state index contributed by atoms with van der Waals surface area (Å²) in [6.07, 6.45) is 7.16. The first-order chi connectivity index (χ1) is 9.80. The fourth-order valence-corrected chi connectivity index (χ4v) is 2.33. The third-order valence-electron chi connectivity index (χ3n) is 3.38. The van der Waals surface area contributed by atoms with Crippen LogP contribution in [0.5, 0.6) is 0 Å². The van der Waals surface area contributed by atoms with E-state index in [-0.39, 0.29) is 12.1 Å². The second kappa shape index (κ2) is 8.26. The van der Waals surface area contributed by atoms with Gasteiger partial charge in [-0.1, -0.05) is 5.92 Å². The minimum atomic E-state index is -0.457. The van der Waals surface area contributed by atoms with Crippen LogP contribution >= 0.6 is 0 Å². The number of amides is 1. The van der Waals surface area contributed by atoms with E-state index in [4.69, 9.17) is 11.2 Å². The van der Waals surface area contributed by atoms with Crippen molar-refractivity contribution < 1.29 is 9.53 Å². The Morgan fingerprint density at radius 2 is 2.05 bits per heavy atom. The maximum Gasteiger partial charge on any atom is 0.407 e. The van der Waals surface area contributed by atoms with Gasteiger partial charge in [-0.15, -0.1) is 6.42 Å². The molecule has 0 spiro atoms. The van der Waals surface area contributed by atoms with Gasteiger partial charge in [-0.25, -0.2) is 4.79 Å². The molecule has 5 heteroatoms. The summed E-state index contributed by atoms with van der Waals surface area (Å²) in [7, 11) is 0. The molecule has 0 saturated carbocycles. The second-order valence-corrected chi connectivity index (χ2v) is 6.71. The number of alkyl carbamates (subject to hydrolysis) is 1. The molecule has 1 amide bonds. The largest absolute Gasteiger partial charge is 0.444 e. The highest BCUT2D eigenvalue weighted by Gasteiger charge is 2.20. The molecule has 2 N–H and O–H groups in total. The molecule has 1 atom stereocenters. The number of rotatable bonds is 5. The van der Waals surface area contributed by atoms with E-state index in [0.29, 0.717) is 6.04 Å². The average molecular weight is 295 g/mol. The summed E-state index contributed by atoms with van der Waals surface area (Å²) in [6.45, 7) is 11.1. The molecule has 0 aromatic rings. The van der Waals surface area contributed by atoms with Crippen molar-refractivity contribution in [2.45, 2.75) is 58.2 Å². The molecule has 1 aliphatic rings. The third kappa shape index (κ3) is 7.93. The van der Waals surface area contributed by atoms with Crippen LogP contribution in [0.25, 0.3) is 0 Å². The summed E-state index contributed by atoms with van der Waals surface area (Å²) >= 11 is 0. The summed E-state index contributed by atoms with van der Waals surface area (Å²) in [6, 6.07) is 0.547. The number of nitrogens with zero attached hydrogens (tertiary/aromatic N) is 1. The van der Waals surface area contributed by atoms with Gasteiger partial charge in [0.1, 0.15) is 5.60 Å². The van der Waals surface area contributed by atoms with E-state index in [0.717, 1.165) is 39.0 Å². The first-order valence-corrected chi connectivity index (χ1v) is 7.69. The summed E-state index contributed by atoms with van der Waals surface area (Å²) in [5, 5.41) is 6.35. The Morgan fingerprint density at radius 1 is 1.43 bits per heavy atom. The molecule has 1 heterocycles. The van der Waals surface area contributed by atoms with Crippen molar-refractivity contribution >= 4 is 6.09 Å². The van der Waals surface area contributed by atoms with Gasteiger partial charge in [0.25, 0.3) is 0 Å². The first-order valence-electron chi connectivity index (χ1n) is 7.69. The number of piperidine rings is 1. The Hall–Kier alpha value is -1.25. The molecule has 1 aliphatic heterocycles. The lowest BCUT2D eigenvalue weighted by Crippen LogP contribution is -2.48. The first kappa shape index (κ1) is 17.8. The van der Waals surface area contributed by atoms with Crippen molar-refractivity contribution in [3.05, 3.63) is 0 Å². The van der Waals surface area contributed by atoms with Gasteiger partial charge in [0.15, 0.2) is 0 Å². The SMILES string of the molecule is C#CCN1CCC(NCC(C)NC(=O)OC(C)(C)C)CC1. The van der Waals surface area contributed by atoms with Crippen molar-refractivity contribution in [1.82, 2.24) is 15.5 Å². The van der Waals surface area contributed by atoms with Crippen LogP contribution in [0.15, 0.2) is 0 Å². The lowest BCUT2D eigenvalue weighted by molar-refractivity contribution is 0.0507. The number of ether oxygens (including phenoxy) is 1. The maximum atomic E-state index is 11.6. The van der Waals surface area contributed by atoms with Gasteiger partial charge in [-0.2, -0.15) is 0 Å². The molecule has 0 aromatic carbocycles. The standard InChI is InChI=1S/C16H29N3O2/c1-6-9-19-10-7-14(8-11-19)17-12-13(2)18-15(20)21-16(3,4)5/h1,13-14,17H,7-12H2,2-5H3,(H,18,20). The predicted molar refractivity (Wildman–Crippen MR) is 85.1 cm³/mol. The molecular formula is C16H29N3O2. The Balaban J connectivity index is 2.18. The van der Waals surface area contributed by atoms with Crippen LogP contribution in [0.2, 0.25) is 0 Å². The second-order valence-electron chi connectivity index (χ2n) is 6.71. The number of carbonyl (C=O) groups is 1. The van der Waals surface area contributed by atoms with Crippen LogP contribution in [0.4, 0.5) is 4.79 Å². The maximum absolute atomic E-state index is 11.6. The molecular weight excluding hydrogens is 266 g/mol. The molecule has 120 valence electrons. The van der Waals surface area contributed by atoms with E-state index in [1.165, 1.54) is 0 Å². The van der Waals surface area contributed by atoms with Crippen molar-refractivity contribution in [2.75, 3.05) is 26.2 Å². The van der Waals surface area contributed by atoms with E-state index in [1.807, 2.05) is 27.7 Å². The van der Waals surface area contributed by atoms with Gasteiger partial charge >= 0.3 is 6.09 Å². The summed E-state index contributed by atoms with van der Waals surface area (Å²) in [5.41, 5.74) is -0.457. The number of nitrogens with one attached hydrogen (secondary N) is 2. The van der Waals surface area contributed by atoms with E-state index in [1.54, 1.807) is 0 Å².